The van der Waals surface area contributed by atoms with Crippen molar-refractivity contribution in [2.24, 2.45) is 0 Å². The minimum Gasteiger partial charge on any atom is -0.371 e. The molecule has 5 heteroatoms. The summed E-state index contributed by atoms with van der Waals surface area (Å²) in [5, 5.41) is 4.31. The second-order valence-electron chi connectivity index (χ2n) is 6.92. The quantitative estimate of drug-likeness (QED) is 0.866. The Kier molecular flexibility index (Phi) is 6.53. The first kappa shape index (κ1) is 18.7. The van der Waals surface area contributed by atoms with Crippen molar-refractivity contribution < 1.29 is 0 Å². The van der Waals surface area contributed by atoms with E-state index in [0.29, 0.717) is 0 Å². The second kappa shape index (κ2) is 9.06. The molecule has 2 saturated heterocycles. The normalized spacial score (nSPS) is 17.7. The van der Waals surface area contributed by atoms with Gasteiger partial charge in [0.1, 0.15) is 5.82 Å². The molecule has 0 amide bonds. The maximum absolute atomic E-state index is 4.78. The van der Waals surface area contributed by atoms with Gasteiger partial charge < -0.3 is 15.1 Å². The highest BCUT2D eigenvalue weighted by Gasteiger charge is 2.18. The third kappa shape index (κ3) is 4.02. The fraction of sp³-hybridized carbons (Fsp3) is 0.619. The molecule has 1 aromatic carbocycles. The third-order valence-electron chi connectivity index (χ3n) is 5.26. The maximum atomic E-state index is 4.78. The minimum atomic E-state index is 0.721. The van der Waals surface area contributed by atoms with Crippen LogP contribution in [-0.4, -0.2) is 43.2 Å². The predicted octanol–water partition coefficient (Wildman–Crippen LogP) is 4.68. The molecule has 4 rings (SSSR count). The Morgan fingerprint density at radius 2 is 1.42 bits per heavy atom. The topological polar surface area (TPSA) is 44.3 Å². The number of rotatable bonds is 3. The molecule has 2 aliphatic heterocycles. The lowest BCUT2D eigenvalue weighted by molar-refractivity contribution is 0.574. The first-order valence-electron chi connectivity index (χ1n) is 10.3. The number of hydrogen-bond donors (Lipinski definition) is 1. The first-order valence-corrected chi connectivity index (χ1v) is 10.3. The molecule has 1 N–H and O–H groups in total. The van der Waals surface area contributed by atoms with Gasteiger partial charge in [0.25, 0.3) is 0 Å². The molecule has 0 bridgehead atoms. The van der Waals surface area contributed by atoms with Crippen LogP contribution in [0.5, 0.6) is 0 Å². The fourth-order valence-electron chi connectivity index (χ4n) is 3.91. The van der Waals surface area contributed by atoms with E-state index in [1.54, 1.807) is 0 Å². The molecule has 1 aromatic heterocycles. The average molecular weight is 356 g/mol. The summed E-state index contributed by atoms with van der Waals surface area (Å²) in [4.78, 5) is 14.4. The molecule has 2 aromatic rings. The summed E-state index contributed by atoms with van der Waals surface area (Å²) in [7, 11) is 1.90. The summed E-state index contributed by atoms with van der Waals surface area (Å²) in [6, 6.07) is 6.72. The molecule has 2 aliphatic rings. The largest absolute Gasteiger partial charge is 0.371 e. The van der Waals surface area contributed by atoms with Crippen molar-refractivity contribution in [1.29, 1.82) is 0 Å². The van der Waals surface area contributed by atoms with Crippen molar-refractivity contribution in [2.75, 3.05) is 48.3 Å². The highest BCUT2D eigenvalue weighted by molar-refractivity contribution is 5.92. The standard InChI is InChI=1S/C19H27N5.C2H6/c1-20-19-21-17-14-15(23-10-4-2-5-11-23)8-9-16(17)18(22-19)24-12-6-3-7-13-24;1-2/h8-9,14H,2-7,10-13H2,1H3,(H,20,21,22);1-2H3. The van der Waals surface area contributed by atoms with Gasteiger partial charge in [-0.1, -0.05) is 13.8 Å². The Morgan fingerprint density at radius 3 is 2.04 bits per heavy atom. The second-order valence-corrected chi connectivity index (χ2v) is 6.92. The summed E-state index contributed by atoms with van der Waals surface area (Å²) < 4.78 is 0. The molecule has 2 fully saturated rings. The molecule has 5 nitrogen and oxygen atoms in total. The number of benzene rings is 1. The fourth-order valence-corrected chi connectivity index (χ4v) is 3.91. The number of hydrogen-bond acceptors (Lipinski definition) is 5. The van der Waals surface area contributed by atoms with Crippen LogP contribution in [0.4, 0.5) is 17.5 Å². The molecular formula is C21H33N5. The number of nitrogens with one attached hydrogen (secondary N) is 1. The van der Waals surface area contributed by atoms with Gasteiger partial charge in [0.15, 0.2) is 0 Å². The van der Waals surface area contributed by atoms with E-state index in [0.717, 1.165) is 43.5 Å². The van der Waals surface area contributed by atoms with Crippen molar-refractivity contribution in [1.82, 2.24) is 9.97 Å². The van der Waals surface area contributed by atoms with Gasteiger partial charge in [0, 0.05) is 44.3 Å². The molecule has 142 valence electrons. The van der Waals surface area contributed by atoms with Gasteiger partial charge >= 0.3 is 0 Å². The Morgan fingerprint density at radius 1 is 0.808 bits per heavy atom. The van der Waals surface area contributed by atoms with Crippen LogP contribution in [0.25, 0.3) is 10.9 Å². The van der Waals surface area contributed by atoms with E-state index in [9.17, 15) is 0 Å². The SMILES string of the molecule is CC.CNc1nc(N2CCCCC2)c2ccc(N3CCCCC3)cc2n1. The number of nitrogens with zero attached hydrogens (tertiary/aromatic N) is 4. The summed E-state index contributed by atoms with van der Waals surface area (Å²) in [5.41, 5.74) is 2.35. The van der Waals surface area contributed by atoms with Crippen LogP contribution in [0.3, 0.4) is 0 Å². The molecule has 26 heavy (non-hydrogen) atoms. The molecular weight excluding hydrogens is 322 g/mol. The third-order valence-corrected chi connectivity index (χ3v) is 5.26. The lowest BCUT2D eigenvalue weighted by Gasteiger charge is -2.30. The van der Waals surface area contributed by atoms with Crippen LogP contribution in [0.1, 0.15) is 52.4 Å². The van der Waals surface area contributed by atoms with Gasteiger partial charge in [-0.2, -0.15) is 4.98 Å². The molecule has 0 radical (unpaired) electrons. The minimum absolute atomic E-state index is 0.721. The zero-order valence-corrected chi connectivity index (χ0v) is 16.6. The highest BCUT2D eigenvalue weighted by Crippen LogP contribution is 2.31. The zero-order valence-electron chi connectivity index (χ0n) is 16.6. The molecule has 0 atom stereocenters. The molecule has 0 aliphatic carbocycles. The summed E-state index contributed by atoms with van der Waals surface area (Å²) in [6.07, 6.45) is 7.79. The van der Waals surface area contributed by atoms with Crippen molar-refractivity contribution in [3.05, 3.63) is 18.2 Å². The Hall–Kier alpha value is -2.04. The monoisotopic (exact) mass is 355 g/mol. The van der Waals surface area contributed by atoms with Crippen molar-refractivity contribution in [3.8, 4) is 0 Å². The van der Waals surface area contributed by atoms with Crippen molar-refractivity contribution in [2.45, 2.75) is 52.4 Å². The van der Waals surface area contributed by atoms with Gasteiger partial charge in [-0.3, -0.25) is 0 Å². The van der Waals surface area contributed by atoms with E-state index in [4.69, 9.17) is 9.97 Å². The van der Waals surface area contributed by atoms with Gasteiger partial charge in [-0.05, 0) is 56.7 Å². The predicted molar refractivity (Wildman–Crippen MR) is 113 cm³/mol. The van der Waals surface area contributed by atoms with Crippen LogP contribution >= 0.6 is 0 Å². The van der Waals surface area contributed by atoms with Crippen molar-refractivity contribution >= 4 is 28.4 Å². The Balaban J connectivity index is 0.000000948. The Labute approximate surface area is 157 Å². The average Bonchev–Trinajstić information content (AvgIpc) is 2.75. The number of fused-ring (bicyclic) bond motifs is 1. The van der Waals surface area contributed by atoms with Crippen LogP contribution in [0.2, 0.25) is 0 Å². The van der Waals surface area contributed by atoms with Gasteiger partial charge in [-0.25, -0.2) is 4.98 Å². The van der Waals surface area contributed by atoms with Gasteiger partial charge in [-0.15, -0.1) is 0 Å². The van der Waals surface area contributed by atoms with Gasteiger partial charge in [0.2, 0.25) is 5.95 Å². The van der Waals surface area contributed by atoms with E-state index in [1.165, 1.54) is 49.6 Å². The van der Waals surface area contributed by atoms with Gasteiger partial charge in [0.05, 0.1) is 5.52 Å². The zero-order chi connectivity index (χ0) is 18.4. The van der Waals surface area contributed by atoms with Crippen LogP contribution in [0.15, 0.2) is 18.2 Å². The number of anilines is 3. The summed E-state index contributed by atoms with van der Waals surface area (Å²) in [5.74, 6) is 1.81. The van der Waals surface area contributed by atoms with Crippen LogP contribution < -0.4 is 15.1 Å². The van der Waals surface area contributed by atoms with Crippen LogP contribution in [-0.2, 0) is 0 Å². The van der Waals surface area contributed by atoms with E-state index < -0.39 is 0 Å². The number of piperidine rings is 2. The van der Waals surface area contributed by atoms with E-state index in [2.05, 4.69) is 33.3 Å². The van der Waals surface area contributed by atoms with E-state index >= 15 is 0 Å². The maximum Gasteiger partial charge on any atom is 0.224 e. The first-order chi connectivity index (χ1) is 12.8. The summed E-state index contributed by atoms with van der Waals surface area (Å²) in [6.45, 7) is 8.52. The lowest BCUT2D eigenvalue weighted by atomic mass is 10.1. The van der Waals surface area contributed by atoms with Crippen molar-refractivity contribution in [3.63, 3.8) is 0 Å². The molecule has 0 saturated carbocycles. The number of aromatic nitrogens is 2. The highest BCUT2D eigenvalue weighted by atomic mass is 15.2. The van der Waals surface area contributed by atoms with E-state index in [1.807, 2.05) is 20.9 Å². The van der Waals surface area contributed by atoms with E-state index in [-0.39, 0.29) is 0 Å². The summed E-state index contributed by atoms with van der Waals surface area (Å²) >= 11 is 0. The Bertz CT molecular complexity index is 703. The smallest absolute Gasteiger partial charge is 0.224 e. The van der Waals surface area contributed by atoms with Crippen LogP contribution in [0, 0.1) is 0 Å². The molecule has 0 unspecified atom stereocenters. The molecule has 3 heterocycles. The molecule has 0 spiro atoms. The lowest BCUT2D eigenvalue weighted by Crippen LogP contribution is -2.31.